The standard InChI is InChI=1S/C22H18N4O3/c27-22(19-14-25-21(15-23-19)24-13-17-9-6-12-28-17)26-18-10-4-5-11-20(18)29-16-7-2-1-3-8-16/h1-12,14-15H,13H2,(H,24,25)(H,26,27). The highest BCUT2D eigenvalue weighted by Crippen LogP contribution is 2.29. The molecule has 1 amide bonds. The molecule has 7 heteroatoms. The van der Waals surface area contributed by atoms with Crippen molar-refractivity contribution in [2.45, 2.75) is 6.54 Å². The smallest absolute Gasteiger partial charge is 0.275 e. The number of carbonyl (C=O) groups excluding carboxylic acids is 1. The molecular formula is C22H18N4O3. The van der Waals surface area contributed by atoms with Crippen LogP contribution in [-0.4, -0.2) is 15.9 Å². The number of hydrogen-bond acceptors (Lipinski definition) is 6. The van der Waals surface area contributed by atoms with Crippen LogP contribution in [-0.2, 0) is 6.54 Å². The van der Waals surface area contributed by atoms with Gasteiger partial charge in [0.2, 0.25) is 0 Å². The van der Waals surface area contributed by atoms with Gasteiger partial charge in [-0.05, 0) is 36.4 Å². The van der Waals surface area contributed by atoms with Crippen molar-refractivity contribution in [2.24, 2.45) is 0 Å². The molecule has 4 aromatic rings. The van der Waals surface area contributed by atoms with E-state index in [1.165, 1.54) is 12.4 Å². The second-order valence-corrected chi connectivity index (χ2v) is 6.09. The maximum atomic E-state index is 12.6. The number of carbonyl (C=O) groups is 1. The van der Waals surface area contributed by atoms with Crippen LogP contribution >= 0.6 is 0 Å². The summed E-state index contributed by atoms with van der Waals surface area (Å²) in [5.41, 5.74) is 0.742. The third kappa shape index (κ3) is 4.78. The molecule has 0 aliphatic heterocycles. The quantitative estimate of drug-likeness (QED) is 0.477. The predicted molar refractivity (Wildman–Crippen MR) is 109 cm³/mol. The van der Waals surface area contributed by atoms with Gasteiger partial charge < -0.3 is 19.8 Å². The van der Waals surface area contributed by atoms with Gasteiger partial charge in [0, 0.05) is 0 Å². The Hall–Kier alpha value is -4.13. The van der Waals surface area contributed by atoms with Crippen molar-refractivity contribution in [3.8, 4) is 11.5 Å². The molecule has 4 rings (SSSR count). The Bertz CT molecular complexity index is 1060. The first-order chi connectivity index (χ1) is 14.3. The monoisotopic (exact) mass is 386 g/mol. The van der Waals surface area contributed by atoms with Crippen LogP contribution in [0.3, 0.4) is 0 Å². The lowest BCUT2D eigenvalue weighted by Gasteiger charge is -2.12. The zero-order valence-corrected chi connectivity index (χ0v) is 15.4. The number of para-hydroxylation sites is 3. The average Bonchev–Trinajstić information content (AvgIpc) is 3.28. The molecule has 0 aliphatic carbocycles. The van der Waals surface area contributed by atoms with E-state index in [0.717, 1.165) is 5.76 Å². The number of anilines is 2. The van der Waals surface area contributed by atoms with E-state index in [0.29, 0.717) is 29.5 Å². The largest absolute Gasteiger partial charge is 0.467 e. The molecule has 0 fully saturated rings. The summed E-state index contributed by atoms with van der Waals surface area (Å²) in [6.45, 7) is 0.484. The molecule has 2 aromatic carbocycles. The lowest BCUT2D eigenvalue weighted by Crippen LogP contribution is -2.15. The highest BCUT2D eigenvalue weighted by molar-refractivity contribution is 6.03. The van der Waals surface area contributed by atoms with Crippen LogP contribution in [0.2, 0.25) is 0 Å². The third-order valence-corrected chi connectivity index (χ3v) is 4.01. The van der Waals surface area contributed by atoms with Crippen LogP contribution in [0, 0.1) is 0 Å². The van der Waals surface area contributed by atoms with Gasteiger partial charge in [0.15, 0.2) is 5.75 Å². The van der Waals surface area contributed by atoms with Gasteiger partial charge >= 0.3 is 0 Å². The molecule has 0 unspecified atom stereocenters. The zero-order valence-electron chi connectivity index (χ0n) is 15.4. The van der Waals surface area contributed by atoms with Crippen molar-refractivity contribution >= 4 is 17.4 Å². The molecule has 7 nitrogen and oxygen atoms in total. The summed E-state index contributed by atoms with van der Waals surface area (Å²) in [5, 5.41) is 5.90. The lowest BCUT2D eigenvalue weighted by atomic mass is 10.2. The topological polar surface area (TPSA) is 89.3 Å². The van der Waals surface area contributed by atoms with Gasteiger partial charge in [-0.3, -0.25) is 4.79 Å². The van der Waals surface area contributed by atoms with Crippen LogP contribution in [0.4, 0.5) is 11.5 Å². The molecule has 0 bridgehead atoms. The summed E-state index contributed by atoms with van der Waals surface area (Å²) in [6.07, 6.45) is 4.53. The summed E-state index contributed by atoms with van der Waals surface area (Å²) in [4.78, 5) is 21.0. The number of furan rings is 1. The molecule has 0 atom stereocenters. The van der Waals surface area contributed by atoms with Gasteiger partial charge in [-0.25, -0.2) is 9.97 Å². The minimum atomic E-state index is -0.376. The molecule has 2 heterocycles. The van der Waals surface area contributed by atoms with Crippen LogP contribution < -0.4 is 15.4 Å². The summed E-state index contributed by atoms with van der Waals surface area (Å²) in [6, 6.07) is 20.3. The molecule has 0 radical (unpaired) electrons. The van der Waals surface area contributed by atoms with Crippen molar-refractivity contribution in [1.82, 2.24) is 9.97 Å². The second kappa shape index (κ2) is 8.71. The van der Waals surface area contributed by atoms with Gasteiger partial charge in [0.05, 0.1) is 30.9 Å². The Morgan fingerprint density at radius 1 is 0.931 bits per heavy atom. The Kier molecular flexibility index (Phi) is 5.48. The molecule has 0 saturated carbocycles. The first kappa shape index (κ1) is 18.2. The summed E-state index contributed by atoms with van der Waals surface area (Å²) in [7, 11) is 0. The van der Waals surface area contributed by atoms with Crippen LogP contribution in [0.1, 0.15) is 16.2 Å². The summed E-state index contributed by atoms with van der Waals surface area (Å²) in [5.74, 6) is 2.17. The number of benzene rings is 2. The fourth-order valence-electron chi connectivity index (χ4n) is 2.59. The number of nitrogens with one attached hydrogen (secondary N) is 2. The maximum absolute atomic E-state index is 12.6. The van der Waals surface area contributed by atoms with Gasteiger partial charge in [-0.1, -0.05) is 30.3 Å². The highest BCUT2D eigenvalue weighted by atomic mass is 16.5. The van der Waals surface area contributed by atoms with E-state index in [4.69, 9.17) is 9.15 Å². The number of aromatic nitrogens is 2. The van der Waals surface area contributed by atoms with Gasteiger partial charge in [0.25, 0.3) is 5.91 Å². The number of hydrogen-bond donors (Lipinski definition) is 2. The summed E-state index contributed by atoms with van der Waals surface area (Å²) < 4.78 is 11.1. The average molecular weight is 386 g/mol. The first-order valence-corrected chi connectivity index (χ1v) is 8.99. The Balaban J connectivity index is 1.41. The maximum Gasteiger partial charge on any atom is 0.275 e. The normalized spacial score (nSPS) is 10.3. The lowest BCUT2D eigenvalue weighted by molar-refractivity contribution is 0.102. The van der Waals surface area contributed by atoms with Gasteiger partial charge in [-0.2, -0.15) is 0 Å². The van der Waals surface area contributed by atoms with E-state index in [1.807, 2.05) is 54.6 Å². The number of ether oxygens (including phenoxy) is 1. The minimum Gasteiger partial charge on any atom is -0.467 e. The van der Waals surface area contributed by atoms with E-state index < -0.39 is 0 Å². The molecule has 29 heavy (non-hydrogen) atoms. The van der Waals surface area contributed by atoms with Crippen molar-refractivity contribution < 1.29 is 13.9 Å². The van der Waals surface area contributed by atoms with E-state index in [1.54, 1.807) is 18.4 Å². The molecule has 2 aromatic heterocycles. The minimum absolute atomic E-state index is 0.197. The molecular weight excluding hydrogens is 368 g/mol. The van der Waals surface area contributed by atoms with Crippen molar-refractivity contribution in [3.05, 3.63) is 96.8 Å². The Labute approximate surface area is 167 Å². The molecule has 144 valence electrons. The Morgan fingerprint density at radius 3 is 2.52 bits per heavy atom. The van der Waals surface area contributed by atoms with Crippen LogP contribution in [0.5, 0.6) is 11.5 Å². The van der Waals surface area contributed by atoms with E-state index in [2.05, 4.69) is 20.6 Å². The SMILES string of the molecule is O=C(Nc1ccccc1Oc1ccccc1)c1cnc(NCc2ccco2)cn1. The third-order valence-electron chi connectivity index (χ3n) is 4.01. The van der Waals surface area contributed by atoms with Crippen molar-refractivity contribution in [2.75, 3.05) is 10.6 Å². The van der Waals surface area contributed by atoms with Crippen molar-refractivity contribution in [3.63, 3.8) is 0 Å². The van der Waals surface area contributed by atoms with E-state index >= 15 is 0 Å². The van der Waals surface area contributed by atoms with E-state index in [-0.39, 0.29) is 11.6 Å². The summed E-state index contributed by atoms with van der Waals surface area (Å²) >= 11 is 0. The molecule has 2 N–H and O–H groups in total. The number of nitrogens with zero attached hydrogens (tertiary/aromatic N) is 2. The predicted octanol–water partition coefficient (Wildman–Crippen LogP) is 4.73. The van der Waals surface area contributed by atoms with Crippen molar-refractivity contribution in [1.29, 1.82) is 0 Å². The fraction of sp³-hybridized carbons (Fsp3) is 0.0455. The molecule has 0 aliphatic rings. The fourth-order valence-corrected chi connectivity index (χ4v) is 2.59. The van der Waals surface area contributed by atoms with Gasteiger partial charge in [-0.15, -0.1) is 0 Å². The van der Waals surface area contributed by atoms with E-state index in [9.17, 15) is 4.79 Å². The van der Waals surface area contributed by atoms with Crippen LogP contribution in [0.25, 0.3) is 0 Å². The van der Waals surface area contributed by atoms with Gasteiger partial charge in [0.1, 0.15) is 23.0 Å². The second-order valence-electron chi connectivity index (χ2n) is 6.09. The first-order valence-electron chi connectivity index (χ1n) is 8.99. The zero-order chi connectivity index (χ0) is 19.9. The highest BCUT2D eigenvalue weighted by Gasteiger charge is 2.12. The van der Waals surface area contributed by atoms with Crippen LogP contribution in [0.15, 0.2) is 89.8 Å². The number of amides is 1. The Morgan fingerprint density at radius 2 is 1.76 bits per heavy atom. The number of rotatable bonds is 7. The molecule has 0 spiro atoms. The molecule has 0 saturated heterocycles.